The number of aliphatic hydroxyl groups excluding tert-OH is 1. The fraction of sp³-hybridized carbons (Fsp3) is 0.833. The van der Waals surface area contributed by atoms with Crippen LogP contribution in [0.1, 0.15) is 44.3 Å². The van der Waals surface area contributed by atoms with E-state index in [4.69, 9.17) is 5.11 Å². The van der Waals surface area contributed by atoms with Gasteiger partial charge >= 0.3 is 0 Å². The summed E-state index contributed by atoms with van der Waals surface area (Å²) in [7, 11) is 0. The predicted octanol–water partition coefficient (Wildman–Crippen LogP) is 0.865. The summed E-state index contributed by atoms with van der Waals surface area (Å²) in [6.07, 6.45) is 5.35. The first-order valence-corrected chi connectivity index (χ1v) is 6.60. The minimum Gasteiger partial charge on any atom is -0.396 e. The van der Waals surface area contributed by atoms with E-state index in [0.717, 1.165) is 44.0 Å². The van der Waals surface area contributed by atoms with E-state index in [1.54, 1.807) is 0 Å². The molecule has 1 aromatic rings. The average Bonchev–Trinajstić information content (AvgIpc) is 2.78. The van der Waals surface area contributed by atoms with E-state index >= 15 is 0 Å². The Morgan fingerprint density at radius 1 is 1.41 bits per heavy atom. The molecule has 1 aliphatic heterocycles. The number of hydrogen-bond acceptors (Lipinski definition) is 4. The van der Waals surface area contributed by atoms with E-state index in [1.807, 2.05) is 0 Å². The lowest BCUT2D eigenvalue weighted by atomic mass is 10.1. The Kier molecular flexibility index (Phi) is 4.50. The lowest BCUT2D eigenvalue weighted by molar-refractivity contribution is 0.261. The highest BCUT2D eigenvalue weighted by Gasteiger charge is 2.16. The first-order valence-electron chi connectivity index (χ1n) is 6.60. The Morgan fingerprint density at radius 2 is 2.29 bits per heavy atom. The molecule has 0 radical (unpaired) electrons. The van der Waals surface area contributed by atoms with Crippen LogP contribution in [-0.2, 0) is 19.5 Å². The molecule has 0 saturated heterocycles. The minimum atomic E-state index is 0.240. The predicted molar refractivity (Wildman–Crippen MR) is 65.6 cm³/mol. The molecule has 17 heavy (non-hydrogen) atoms. The van der Waals surface area contributed by atoms with Crippen molar-refractivity contribution >= 4 is 0 Å². The number of nitrogens with one attached hydrogen (secondary N) is 1. The van der Waals surface area contributed by atoms with E-state index in [1.165, 1.54) is 12.8 Å². The molecule has 0 aliphatic carbocycles. The lowest BCUT2D eigenvalue weighted by Crippen LogP contribution is -2.30. The van der Waals surface area contributed by atoms with Crippen LogP contribution in [0.2, 0.25) is 0 Å². The summed E-state index contributed by atoms with van der Waals surface area (Å²) in [5.74, 6) is 2.17. The highest BCUT2D eigenvalue weighted by molar-refractivity contribution is 4.98. The molecule has 2 N–H and O–H groups in total. The van der Waals surface area contributed by atoms with E-state index in [2.05, 4.69) is 27.0 Å². The molecule has 5 nitrogen and oxygen atoms in total. The van der Waals surface area contributed by atoms with E-state index < -0.39 is 0 Å². The van der Waals surface area contributed by atoms with Gasteiger partial charge in [-0.25, -0.2) is 0 Å². The second-order valence-electron chi connectivity index (χ2n) is 4.64. The molecule has 96 valence electrons. The van der Waals surface area contributed by atoms with Gasteiger partial charge in [0.25, 0.3) is 0 Å². The summed E-state index contributed by atoms with van der Waals surface area (Å²) in [6.45, 7) is 4.18. The number of hydrogen-bond donors (Lipinski definition) is 2. The standard InChI is InChI=1S/C12H22N4O/c1-2-10(6-8-17)13-9-12-15-14-11-5-3-4-7-16(11)12/h10,13,17H,2-9H2,1H3. The van der Waals surface area contributed by atoms with Gasteiger partial charge in [-0.3, -0.25) is 0 Å². The Bertz CT molecular complexity index is 350. The molecule has 0 amide bonds. The van der Waals surface area contributed by atoms with Crippen LogP contribution in [0, 0.1) is 0 Å². The van der Waals surface area contributed by atoms with Crippen molar-refractivity contribution in [3.05, 3.63) is 11.6 Å². The quantitative estimate of drug-likeness (QED) is 0.772. The third-order valence-electron chi connectivity index (χ3n) is 3.46. The van der Waals surface area contributed by atoms with E-state index in [9.17, 15) is 0 Å². The van der Waals surface area contributed by atoms with Crippen molar-refractivity contribution in [2.24, 2.45) is 0 Å². The summed E-state index contributed by atoms with van der Waals surface area (Å²) in [5.41, 5.74) is 0. The van der Waals surface area contributed by atoms with Crippen LogP contribution >= 0.6 is 0 Å². The van der Waals surface area contributed by atoms with E-state index in [-0.39, 0.29) is 6.61 Å². The molecular formula is C12H22N4O. The van der Waals surface area contributed by atoms with Gasteiger partial charge in [-0.05, 0) is 25.7 Å². The van der Waals surface area contributed by atoms with Gasteiger partial charge in [-0.2, -0.15) is 0 Å². The highest BCUT2D eigenvalue weighted by Crippen LogP contribution is 2.14. The van der Waals surface area contributed by atoms with Gasteiger partial charge in [-0.1, -0.05) is 6.92 Å². The zero-order chi connectivity index (χ0) is 12.1. The minimum absolute atomic E-state index is 0.240. The molecule has 2 heterocycles. The average molecular weight is 238 g/mol. The maximum Gasteiger partial charge on any atom is 0.147 e. The lowest BCUT2D eigenvalue weighted by Gasteiger charge is -2.18. The van der Waals surface area contributed by atoms with Crippen LogP contribution in [0.5, 0.6) is 0 Å². The maximum atomic E-state index is 8.94. The Hall–Kier alpha value is -0.940. The van der Waals surface area contributed by atoms with Crippen molar-refractivity contribution in [2.45, 2.75) is 58.2 Å². The second-order valence-corrected chi connectivity index (χ2v) is 4.64. The third kappa shape index (κ3) is 3.04. The van der Waals surface area contributed by atoms with Gasteiger partial charge in [0, 0.05) is 25.6 Å². The molecule has 0 saturated carbocycles. The van der Waals surface area contributed by atoms with Gasteiger partial charge in [0.1, 0.15) is 11.6 Å². The molecule has 0 spiro atoms. The zero-order valence-corrected chi connectivity index (χ0v) is 10.5. The molecule has 1 aliphatic rings. The van der Waals surface area contributed by atoms with Crippen LogP contribution in [0.25, 0.3) is 0 Å². The van der Waals surface area contributed by atoms with Gasteiger partial charge in [0.15, 0.2) is 0 Å². The van der Waals surface area contributed by atoms with Crippen LogP contribution in [0.15, 0.2) is 0 Å². The highest BCUT2D eigenvalue weighted by atomic mass is 16.3. The molecule has 1 unspecified atom stereocenters. The molecular weight excluding hydrogens is 216 g/mol. The SMILES string of the molecule is CCC(CCO)NCc1nnc2n1CCCC2. The summed E-state index contributed by atoms with van der Waals surface area (Å²) in [4.78, 5) is 0. The van der Waals surface area contributed by atoms with Crippen molar-refractivity contribution < 1.29 is 5.11 Å². The van der Waals surface area contributed by atoms with Crippen molar-refractivity contribution in [3.63, 3.8) is 0 Å². The van der Waals surface area contributed by atoms with Crippen molar-refractivity contribution in [1.82, 2.24) is 20.1 Å². The molecule has 2 rings (SSSR count). The summed E-state index contributed by atoms with van der Waals surface area (Å²) in [6, 6.07) is 0.372. The number of aryl methyl sites for hydroxylation is 1. The summed E-state index contributed by atoms with van der Waals surface area (Å²) in [5, 5.41) is 20.9. The Balaban J connectivity index is 1.92. The van der Waals surface area contributed by atoms with Crippen molar-refractivity contribution in [1.29, 1.82) is 0 Å². The third-order valence-corrected chi connectivity index (χ3v) is 3.46. The van der Waals surface area contributed by atoms with Gasteiger partial charge < -0.3 is 15.0 Å². The molecule has 1 aromatic heterocycles. The number of aromatic nitrogens is 3. The summed E-state index contributed by atoms with van der Waals surface area (Å²) < 4.78 is 2.24. The monoisotopic (exact) mass is 238 g/mol. The molecule has 0 aromatic carbocycles. The number of aliphatic hydroxyl groups is 1. The number of fused-ring (bicyclic) bond motifs is 1. The number of rotatable bonds is 6. The van der Waals surface area contributed by atoms with Gasteiger partial charge in [0.2, 0.25) is 0 Å². The smallest absolute Gasteiger partial charge is 0.147 e. The largest absolute Gasteiger partial charge is 0.396 e. The van der Waals surface area contributed by atoms with E-state index in [0.29, 0.717) is 6.04 Å². The van der Waals surface area contributed by atoms with Crippen LogP contribution in [0.4, 0.5) is 0 Å². The first-order chi connectivity index (χ1) is 8.35. The Morgan fingerprint density at radius 3 is 3.06 bits per heavy atom. The van der Waals surface area contributed by atoms with Crippen molar-refractivity contribution in [3.8, 4) is 0 Å². The van der Waals surface area contributed by atoms with Crippen LogP contribution in [-0.4, -0.2) is 32.5 Å². The molecule has 1 atom stereocenters. The second kappa shape index (κ2) is 6.12. The molecule has 0 fully saturated rings. The topological polar surface area (TPSA) is 63.0 Å². The fourth-order valence-corrected chi connectivity index (χ4v) is 2.34. The van der Waals surface area contributed by atoms with Crippen LogP contribution < -0.4 is 5.32 Å². The zero-order valence-electron chi connectivity index (χ0n) is 10.5. The first kappa shape index (κ1) is 12.5. The Labute approximate surface area is 102 Å². The van der Waals surface area contributed by atoms with Crippen molar-refractivity contribution in [2.75, 3.05) is 6.61 Å². The molecule has 0 bridgehead atoms. The van der Waals surface area contributed by atoms with Gasteiger partial charge in [-0.15, -0.1) is 10.2 Å². The molecule has 5 heteroatoms. The van der Waals surface area contributed by atoms with Gasteiger partial charge in [0.05, 0.1) is 6.54 Å². The summed E-state index contributed by atoms with van der Waals surface area (Å²) >= 11 is 0. The van der Waals surface area contributed by atoms with Crippen LogP contribution in [0.3, 0.4) is 0 Å². The fourth-order valence-electron chi connectivity index (χ4n) is 2.34. The number of nitrogens with zero attached hydrogens (tertiary/aromatic N) is 3. The maximum absolute atomic E-state index is 8.94. The normalized spacial score (nSPS) is 16.8.